The Bertz CT molecular complexity index is 297. The lowest BCUT2D eigenvalue weighted by atomic mass is 10.2. The van der Waals surface area contributed by atoms with Gasteiger partial charge in [-0.25, -0.2) is 4.98 Å². The van der Waals surface area contributed by atoms with Gasteiger partial charge in [-0.1, -0.05) is 6.07 Å². The van der Waals surface area contributed by atoms with Gasteiger partial charge in [-0.3, -0.25) is 0 Å². The standard InChI is InChI=1S/C12H21N3/c1-5-15(10(2)3)12-11(9-13-4)7-6-8-14-12/h6-8,10,13H,5,9H2,1-4H3. The predicted molar refractivity (Wildman–Crippen MR) is 65.2 cm³/mol. The zero-order valence-corrected chi connectivity index (χ0v) is 10.1. The van der Waals surface area contributed by atoms with Gasteiger partial charge in [-0.2, -0.15) is 0 Å². The van der Waals surface area contributed by atoms with Crippen molar-refractivity contribution in [2.75, 3.05) is 18.5 Å². The summed E-state index contributed by atoms with van der Waals surface area (Å²) >= 11 is 0. The van der Waals surface area contributed by atoms with Crippen molar-refractivity contribution in [2.45, 2.75) is 33.4 Å². The van der Waals surface area contributed by atoms with E-state index in [2.05, 4.69) is 42.0 Å². The Kier molecular flexibility index (Phi) is 4.56. The molecule has 1 aromatic heterocycles. The van der Waals surface area contributed by atoms with E-state index >= 15 is 0 Å². The largest absolute Gasteiger partial charge is 0.354 e. The summed E-state index contributed by atoms with van der Waals surface area (Å²) in [5, 5.41) is 3.18. The predicted octanol–water partition coefficient (Wildman–Crippen LogP) is 2.04. The van der Waals surface area contributed by atoms with Crippen LogP contribution in [0.1, 0.15) is 26.3 Å². The number of nitrogens with zero attached hydrogens (tertiary/aromatic N) is 2. The Morgan fingerprint density at radius 3 is 2.73 bits per heavy atom. The monoisotopic (exact) mass is 207 g/mol. The molecule has 0 aliphatic carbocycles. The number of pyridine rings is 1. The molecular weight excluding hydrogens is 186 g/mol. The first-order chi connectivity index (χ1) is 7.20. The number of anilines is 1. The Hall–Kier alpha value is -1.09. The van der Waals surface area contributed by atoms with Gasteiger partial charge in [0.15, 0.2) is 0 Å². The van der Waals surface area contributed by atoms with E-state index in [9.17, 15) is 0 Å². The van der Waals surface area contributed by atoms with Crippen LogP contribution < -0.4 is 10.2 Å². The van der Waals surface area contributed by atoms with E-state index in [0.29, 0.717) is 6.04 Å². The fraction of sp³-hybridized carbons (Fsp3) is 0.583. The Morgan fingerprint density at radius 1 is 1.47 bits per heavy atom. The van der Waals surface area contributed by atoms with Gasteiger partial charge in [0.05, 0.1) is 0 Å². The highest BCUT2D eigenvalue weighted by atomic mass is 15.2. The summed E-state index contributed by atoms with van der Waals surface area (Å²) in [6, 6.07) is 4.61. The highest BCUT2D eigenvalue weighted by Gasteiger charge is 2.12. The first-order valence-corrected chi connectivity index (χ1v) is 5.55. The van der Waals surface area contributed by atoms with Gasteiger partial charge in [0.2, 0.25) is 0 Å². The second kappa shape index (κ2) is 5.71. The highest BCUT2D eigenvalue weighted by molar-refractivity contribution is 5.47. The Morgan fingerprint density at radius 2 is 2.20 bits per heavy atom. The molecule has 0 aliphatic rings. The van der Waals surface area contributed by atoms with Crippen molar-refractivity contribution in [1.29, 1.82) is 0 Å². The molecule has 0 radical (unpaired) electrons. The molecule has 0 atom stereocenters. The molecule has 0 saturated carbocycles. The number of aromatic nitrogens is 1. The van der Waals surface area contributed by atoms with Crippen LogP contribution in [0.15, 0.2) is 18.3 Å². The minimum Gasteiger partial charge on any atom is -0.354 e. The lowest BCUT2D eigenvalue weighted by molar-refractivity contribution is 0.682. The molecule has 0 amide bonds. The van der Waals surface area contributed by atoms with Crippen molar-refractivity contribution < 1.29 is 0 Å². The molecule has 0 saturated heterocycles. The molecule has 1 heterocycles. The van der Waals surface area contributed by atoms with Crippen molar-refractivity contribution in [1.82, 2.24) is 10.3 Å². The molecule has 1 aromatic rings. The van der Waals surface area contributed by atoms with Crippen LogP contribution in [0, 0.1) is 0 Å². The van der Waals surface area contributed by atoms with Gasteiger partial charge < -0.3 is 10.2 Å². The van der Waals surface area contributed by atoms with Crippen LogP contribution >= 0.6 is 0 Å². The topological polar surface area (TPSA) is 28.2 Å². The number of rotatable bonds is 5. The number of hydrogen-bond acceptors (Lipinski definition) is 3. The number of hydrogen-bond donors (Lipinski definition) is 1. The summed E-state index contributed by atoms with van der Waals surface area (Å²) in [5.74, 6) is 1.10. The summed E-state index contributed by atoms with van der Waals surface area (Å²) < 4.78 is 0. The molecule has 84 valence electrons. The molecule has 15 heavy (non-hydrogen) atoms. The van der Waals surface area contributed by atoms with Gasteiger partial charge in [0.25, 0.3) is 0 Å². The van der Waals surface area contributed by atoms with Gasteiger partial charge in [-0.05, 0) is 33.9 Å². The minimum atomic E-state index is 0.487. The van der Waals surface area contributed by atoms with Crippen LogP contribution in [0.3, 0.4) is 0 Å². The van der Waals surface area contributed by atoms with E-state index in [1.54, 1.807) is 0 Å². The van der Waals surface area contributed by atoms with Crippen LogP contribution in [0.2, 0.25) is 0 Å². The maximum Gasteiger partial charge on any atom is 0.133 e. The van der Waals surface area contributed by atoms with Crippen molar-refractivity contribution in [3.8, 4) is 0 Å². The van der Waals surface area contributed by atoms with Crippen molar-refractivity contribution in [3.05, 3.63) is 23.9 Å². The van der Waals surface area contributed by atoms with Crippen LogP contribution in [-0.4, -0.2) is 24.6 Å². The first kappa shape index (κ1) is 12.0. The van der Waals surface area contributed by atoms with Gasteiger partial charge in [0.1, 0.15) is 5.82 Å². The summed E-state index contributed by atoms with van der Waals surface area (Å²) in [7, 11) is 1.96. The zero-order valence-electron chi connectivity index (χ0n) is 10.1. The average molecular weight is 207 g/mol. The lowest BCUT2D eigenvalue weighted by Gasteiger charge is -2.28. The maximum absolute atomic E-state index is 4.48. The second-order valence-corrected chi connectivity index (χ2v) is 3.90. The summed E-state index contributed by atoms with van der Waals surface area (Å²) in [5.41, 5.74) is 1.26. The summed E-state index contributed by atoms with van der Waals surface area (Å²) in [4.78, 5) is 6.79. The van der Waals surface area contributed by atoms with E-state index < -0.39 is 0 Å². The molecule has 0 bridgehead atoms. The van der Waals surface area contributed by atoms with Gasteiger partial charge >= 0.3 is 0 Å². The van der Waals surface area contributed by atoms with E-state index in [1.165, 1.54) is 5.56 Å². The smallest absolute Gasteiger partial charge is 0.133 e. The van der Waals surface area contributed by atoms with Gasteiger partial charge in [-0.15, -0.1) is 0 Å². The van der Waals surface area contributed by atoms with Crippen molar-refractivity contribution in [2.24, 2.45) is 0 Å². The second-order valence-electron chi connectivity index (χ2n) is 3.90. The molecule has 3 nitrogen and oxygen atoms in total. The molecule has 0 aromatic carbocycles. The fourth-order valence-corrected chi connectivity index (χ4v) is 1.78. The van der Waals surface area contributed by atoms with Crippen molar-refractivity contribution in [3.63, 3.8) is 0 Å². The highest BCUT2D eigenvalue weighted by Crippen LogP contribution is 2.18. The van der Waals surface area contributed by atoms with Crippen LogP contribution in [-0.2, 0) is 6.54 Å². The maximum atomic E-state index is 4.48. The van der Waals surface area contributed by atoms with Crippen LogP contribution in [0.25, 0.3) is 0 Å². The third-order valence-corrected chi connectivity index (χ3v) is 2.47. The van der Waals surface area contributed by atoms with Crippen molar-refractivity contribution >= 4 is 5.82 Å². The van der Waals surface area contributed by atoms with E-state index in [-0.39, 0.29) is 0 Å². The van der Waals surface area contributed by atoms with Crippen LogP contribution in [0.4, 0.5) is 5.82 Å². The number of nitrogens with one attached hydrogen (secondary N) is 1. The SMILES string of the molecule is CCN(c1ncccc1CNC)C(C)C. The zero-order chi connectivity index (χ0) is 11.3. The van der Waals surface area contributed by atoms with Crippen LogP contribution in [0.5, 0.6) is 0 Å². The normalized spacial score (nSPS) is 10.7. The van der Waals surface area contributed by atoms with E-state index in [0.717, 1.165) is 18.9 Å². The molecule has 3 heteroatoms. The van der Waals surface area contributed by atoms with E-state index in [1.807, 2.05) is 19.3 Å². The third kappa shape index (κ3) is 2.93. The third-order valence-electron chi connectivity index (χ3n) is 2.47. The summed E-state index contributed by atoms with van der Waals surface area (Å²) in [6.45, 7) is 8.41. The molecule has 1 N–H and O–H groups in total. The first-order valence-electron chi connectivity index (χ1n) is 5.55. The molecule has 0 aliphatic heterocycles. The lowest BCUT2D eigenvalue weighted by Crippen LogP contribution is -2.32. The minimum absolute atomic E-state index is 0.487. The van der Waals surface area contributed by atoms with Gasteiger partial charge in [0, 0.05) is 30.9 Å². The molecule has 0 unspecified atom stereocenters. The quantitative estimate of drug-likeness (QED) is 0.801. The van der Waals surface area contributed by atoms with E-state index in [4.69, 9.17) is 0 Å². The average Bonchev–Trinajstić information content (AvgIpc) is 2.21. The Labute approximate surface area is 92.5 Å². The molecule has 0 fully saturated rings. The molecular formula is C12H21N3. The summed E-state index contributed by atoms with van der Waals surface area (Å²) in [6.07, 6.45) is 1.86. The molecule has 1 rings (SSSR count). The fourth-order valence-electron chi connectivity index (χ4n) is 1.78. The Balaban J connectivity index is 2.99. The molecule has 0 spiro atoms.